The van der Waals surface area contributed by atoms with Gasteiger partial charge in [-0.3, -0.25) is 4.79 Å². The van der Waals surface area contributed by atoms with E-state index in [1.807, 2.05) is 48.2 Å². The van der Waals surface area contributed by atoms with Crippen LogP contribution in [-0.2, 0) is 10.4 Å². The number of anilines is 1. The molecule has 1 N–H and O–H groups in total. The molecule has 1 aliphatic heterocycles. The molecule has 29 heavy (non-hydrogen) atoms. The molecule has 0 fully saturated rings. The predicted octanol–water partition coefficient (Wildman–Crippen LogP) is 5.03. The molecule has 1 aliphatic rings. The van der Waals surface area contributed by atoms with Crippen molar-refractivity contribution in [3.05, 3.63) is 59.7 Å². The summed E-state index contributed by atoms with van der Waals surface area (Å²) >= 11 is 0. The first-order chi connectivity index (χ1) is 14.2. The zero-order valence-electron chi connectivity index (χ0n) is 17.7. The normalized spacial score (nSPS) is 18.3. The van der Waals surface area contributed by atoms with Crippen LogP contribution in [0.25, 0.3) is 0 Å². The lowest BCUT2D eigenvalue weighted by molar-refractivity contribution is 0.0478. The van der Waals surface area contributed by atoms with Crippen LogP contribution in [0.3, 0.4) is 0 Å². The number of ether oxygens (including phenoxy) is 2. The predicted molar refractivity (Wildman–Crippen MR) is 116 cm³/mol. The van der Waals surface area contributed by atoms with Crippen LogP contribution in [0.5, 0.6) is 5.75 Å². The Labute approximate surface area is 174 Å². The quantitative estimate of drug-likeness (QED) is 0.572. The average molecular weight is 397 g/mol. The number of rotatable bonds is 10. The highest BCUT2D eigenvalue weighted by molar-refractivity contribution is 6.02. The third-order valence-corrected chi connectivity index (χ3v) is 5.48. The molecule has 0 saturated carbocycles. The number of nitrogens with zero attached hydrogens (tertiary/aromatic N) is 1. The Kier molecular flexibility index (Phi) is 7.15. The van der Waals surface area contributed by atoms with Crippen LogP contribution in [0.2, 0.25) is 0 Å². The first-order valence-electron chi connectivity index (χ1n) is 10.7. The molecule has 2 aromatic carbocycles. The maximum atomic E-state index is 13.4. The maximum absolute atomic E-state index is 13.4. The van der Waals surface area contributed by atoms with Gasteiger partial charge in [-0.2, -0.15) is 0 Å². The van der Waals surface area contributed by atoms with Crippen LogP contribution in [0, 0.1) is 0 Å². The van der Waals surface area contributed by atoms with Crippen molar-refractivity contribution in [1.82, 2.24) is 4.90 Å². The van der Waals surface area contributed by atoms with Gasteiger partial charge in [0.1, 0.15) is 18.0 Å². The zero-order valence-corrected chi connectivity index (χ0v) is 17.7. The summed E-state index contributed by atoms with van der Waals surface area (Å²) < 4.78 is 11.1. The third kappa shape index (κ3) is 4.40. The van der Waals surface area contributed by atoms with E-state index >= 15 is 0 Å². The topological polar surface area (TPSA) is 50.8 Å². The van der Waals surface area contributed by atoms with Crippen molar-refractivity contribution in [1.29, 1.82) is 0 Å². The summed E-state index contributed by atoms with van der Waals surface area (Å²) in [6.45, 7) is 8.76. The Morgan fingerprint density at radius 1 is 1.00 bits per heavy atom. The molecular weight excluding hydrogens is 364 g/mol. The lowest BCUT2D eigenvalue weighted by atomic mass is 9.89. The average Bonchev–Trinajstić information content (AvgIpc) is 2.76. The van der Waals surface area contributed by atoms with Crippen molar-refractivity contribution in [3.8, 4) is 5.75 Å². The van der Waals surface area contributed by atoms with E-state index in [0.29, 0.717) is 19.8 Å². The van der Waals surface area contributed by atoms with E-state index in [9.17, 15) is 4.79 Å². The van der Waals surface area contributed by atoms with Crippen LogP contribution in [0.4, 0.5) is 5.69 Å². The smallest absolute Gasteiger partial charge is 0.258 e. The SMILES string of the molecule is CCCCN1C(=O)c2ccccc2NC1(CC)c1ccc(OCCOCC)cc1. The number of fused-ring (bicyclic) bond motifs is 1. The Morgan fingerprint density at radius 3 is 2.45 bits per heavy atom. The molecule has 2 aromatic rings. The largest absolute Gasteiger partial charge is 0.491 e. The van der Waals surface area contributed by atoms with Crippen molar-refractivity contribution in [2.24, 2.45) is 0 Å². The van der Waals surface area contributed by atoms with Crippen molar-refractivity contribution in [3.63, 3.8) is 0 Å². The summed E-state index contributed by atoms with van der Waals surface area (Å²) in [6.07, 6.45) is 2.77. The molecular formula is C24H32N2O3. The Hall–Kier alpha value is -2.53. The van der Waals surface area contributed by atoms with Crippen molar-refractivity contribution >= 4 is 11.6 Å². The van der Waals surface area contributed by atoms with Gasteiger partial charge < -0.3 is 19.7 Å². The summed E-state index contributed by atoms with van der Waals surface area (Å²) in [5, 5.41) is 3.69. The number of nitrogens with one attached hydrogen (secondary N) is 1. The minimum absolute atomic E-state index is 0.0895. The van der Waals surface area contributed by atoms with E-state index in [1.54, 1.807) is 0 Å². The molecule has 0 aliphatic carbocycles. The van der Waals surface area contributed by atoms with Gasteiger partial charge in [-0.15, -0.1) is 0 Å². The van der Waals surface area contributed by atoms with Gasteiger partial charge in [-0.25, -0.2) is 0 Å². The highest BCUT2D eigenvalue weighted by Gasteiger charge is 2.44. The van der Waals surface area contributed by atoms with E-state index in [0.717, 1.165) is 48.4 Å². The van der Waals surface area contributed by atoms with Crippen LogP contribution in [0.15, 0.2) is 48.5 Å². The number of hydrogen-bond acceptors (Lipinski definition) is 4. The van der Waals surface area contributed by atoms with Gasteiger partial charge in [0.05, 0.1) is 12.2 Å². The summed E-state index contributed by atoms with van der Waals surface area (Å²) in [6, 6.07) is 15.9. The number of carbonyl (C=O) groups excluding carboxylic acids is 1. The van der Waals surface area contributed by atoms with Gasteiger partial charge in [0.2, 0.25) is 0 Å². The summed E-state index contributed by atoms with van der Waals surface area (Å²) in [7, 11) is 0. The van der Waals surface area contributed by atoms with E-state index in [4.69, 9.17) is 9.47 Å². The molecule has 0 aromatic heterocycles. The van der Waals surface area contributed by atoms with Gasteiger partial charge in [-0.1, -0.05) is 44.5 Å². The number of para-hydroxylation sites is 1. The summed E-state index contributed by atoms with van der Waals surface area (Å²) in [5.74, 6) is 0.897. The van der Waals surface area contributed by atoms with Crippen LogP contribution >= 0.6 is 0 Å². The second-order valence-electron chi connectivity index (χ2n) is 7.26. The number of hydrogen-bond donors (Lipinski definition) is 1. The van der Waals surface area contributed by atoms with Crippen molar-refractivity contribution < 1.29 is 14.3 Å². The van der Waals surface area contributed by atoms with Crippen LogP contribution in [0.1, 0.15) is 56.0 Å². The van der Waals surface area contributed by atoms with Gasteiger partial charge in [0.25, 0.3) is 5.91 Å². The fraction of sp³-hybridized carbons (Fsp3) is 0.458. The molecule has 1 amide bonds. The molecule has 0 radical (unpaired) electrons. The Morgan fingerprint density at radius 2 is 1.76 bits per heavy atom. The molecule has 1 atom stereocenters. The van der Waals surface area contributed by atoms with E-state index in [2.05, 4.69) is 31.3 Å². The van der Waals surface area contributed by atoms with E-state index in [-0.39, 0.29) is 5.91 Å². The number of benzene rings is 2. The molecule has 1 heterocycles. The zero-order chi connectivity index (χ0) is 20.7. The number of amides is 1. The summed E-state index contributed by atoms with van der Waals surface area (Å²) in [5.41, 5.74) is 2.13. The van der Waals surface area contributed by atoms with E-state index < -0.39 is 5.66 Å². The fourth-order valence-corrected chi connectivity index (χ4v) is 3.90. The molecule has 3 rings (SSSR count). The Balaban J connectivity index is 1.91. The van der Waals surface area contributed by atoms with Gasteiger partial charge >= 0.3 is 0 Å². The highest BCUT2D eigenvalue weighted by Crippen LogP contribution is 2.40. The Bertz CT molecular complexity index is 806. The second-order valence-corrected chi connectivity index (χ2v) is 7.26. The van der Waals surface area contributed by atoms with Crippen molar-refractivity contribution in [2.45, 2.75) is 45.7 Å². The van der Waals surface area contributed by atoms with Crippen LogP contribution < -0.4 is 10.1 Å². The monoisotopic (exact) mass is 396 g/mol. The summed E-state index contributed by atoms with van der Waals surface area (Å²) in [4.78, 5) is 15.4. The molecule has 5 nitrogen and oxygen atoms in total. The van der Waals surface area contributed by atoms with Gasteiger partial charge in [-0.05, 0) is 49.6 Å². The van der Waals surface area contributed by atoms with Gasteiger partial charge in [0.15, 0.2) is 0 Å². The fourth-order valence-electron chi connectivity index (χ4n) is 3.90. The van der Waals surface area contributed by atoms with Gasteiger partial charge in [0, 0.05) is 18.8 Å². The first-order valence-corrected chi connectivity index (χ1v) is 10.7. The second kappa shape index (κ2) is 9.79. The van der Waals surface area contributed by atoms with Crippen LogP contribution in [-0.4, -0.2) is 37.2 Å². The molecule has 0 spiro atoms. The van der Waals surface area contributed by atoms with Crippen molar-refractivity contribution in [2.75, 3.05) is 31.7 Å². The standard InChI is InChI=1S/C24H32N2O3/c1-4-7-16-26-23(27)21-10-8-9-11-22(21)25-24(26,5-2)19-12-14-20(15-13-19)29-18-17-28-6-3/h8-15,25H,4-7,16-18H2,1-3H3. The lowest BCUT2D eigenvalue weighted by Crippen LogP contribution is -2.57. The minimum atomic E-state index is -0.565. The number of carbonyl (C=O) groups is 1. The lowest BCUT2D eigenvalue weighted by Gasteiger charge is -2.48. The molecule has 0 bridgehead atoms. The molecule has 5 heteroatoms. The third-order valence-electron chi connectivity index (χ3n) is 5.48. The minimum Gasteiger partial charge on any atom is -0.491 e. The molecule has 156 valence electrons. The maximum Gasteiger partial charge on any atom is 0.258 e. The molecule has 0 saturated heterocycles. The molecule has 1 unspecified atom stereocenters. The van der Waals surface area contributed by atoms with E-state index in [1.165, 1.54) is 0 Å². The first kappa shape index (κ1) is 21.2. The highest BCUT2D eigenvalue weighted by atomic mass is 16.5. The number of unbranched alkanes of at least 4 members (excludes halogenated alkanes) is 1.